The standard InChI is InChI=1S/C12H18BrN3/c1-8-3-4-16(7-9(8)2)12-11(14)5-10(13)6-15-12/h5-6,8-9H,3-4,7,14H2,1-2H3. The zero-order valence-corrected chi connectivity index (χ0v) is 11.4. The van der Waals surface area contributed by atoms with E-state index in [2.05, 4.69) is 39.7 Å². The molecule has 0 radical (unpaired) electrons. The summed E-state index contributed by atoms with van der Waals surface area (Å²) in [5.74, 6) is 2.44. The number of aromatic nitrogens is 1. The van der Waals surface area contributed by atoms with E-state index in [1.807, 2.05) is 12.3 Å². The lowest BCUT2D eigenvalue weighted by Gasteiger charge is -2.36. The van der Waals surface area contributed by atoms with Gasteiger partial charge in [0, 0.05) is 23.8 Å². The van der Waals surface area contributed by atoms with Crippen molar-refractivity contribution in [3.8, 4) is 0 Å². The number of nitrogen functional groups attached to an aromatic ring is 1. The van der Waals surface area contributed by atoms with Gasteiger partial charge in [0.1, 0.15) is 0 Å². The van der Waals surface area contributed by atoms with Crippen LogP contribution < -0.4 is 10.6 Å². The largest absolute Gasteiger partial charge is 0.396 e. The first-order valence-electron chi connectivity index (χ1n) is 5.74. The molecule has 0 aliphatic carbocycles. The highest BCUT2D eigenvalue weighted by atomic mass is 79.9. The highest BCUT2D eigenvalue weighted by Crippen LogP contribution is 2.30. The van der Waals surface area contributed by atoms with Crippen LogP contribution in [0.25, 0.3) is 0 Å². The van der Waals surface area contributed by atoms with Gasteiger partial charge in [-0.3, -0.25) is 0 Å². The van der Waals surface area contributed by atoms with Gasteiger partial charge >= 0.3 is 0 Å². The number of pyridine rings is 1. The van der Waals surface area contributed by atoms with Gasteiger partial charge in [-0.2, -0.15) is 0 Å². The second-order valence-electron chi connectivity index (χ2n) is 4.76. The zero-order chi connectivity index (χ0) is 11.7. The molecule has 0 amide bonds. The molecule has 1 aliphatic rings. The Kier molecular flexibility index (Phi) is 3.38. The Balaban J connectivity index is 2.18. The molecule has 88 valence electrons. The van der Waals surface area contributed by atoms with E-state index >= 15 is 0 Å². The lowest BCUT2D eigenvalue weighted by molar-refractivity contribution is 0.323. The summed E-state index contributed by atoms with van der Waals surface area (Å²) in [7, 11) is 0. The number of rotatable bonds is 1. The molecule has 2 rings (SSSR count). The van der Waals surface area contributed by atoms with E-state index in [1.54, 1.807) is 0 Å². The summed E-state index contributed by atoms with van der Waals surface area (Å²) in [5, 5.41) is 0. The molecule has 0 bridgehead atoms. The minimum Gasteiger partial charge on any atom is -0.396 e. The SMILES string of the molecule is CC1CCN(c2ncc(Br)cc2N)CC1C. The van der Waals surface area contributed by atoms with Crippen LogP contribution in [0.1, 0.15) is 20.3 Å². The van der Waals surface area contributed by atoms with E-state index in [0.717, 1.165) is 35.0 Å². The van der Waals surface area contributed by atoms with Crippen molar-refractivity contribution >= 4 is 27.4 Å². The Morgan fingerprint density at radius 1 is 1.44 bits per heavy atom. The molecule has 16 heavy (non-hydrogen) atoms. The zero-order valence-electron chi connectivity index (χ0n) is 9.78. The number of nitrogens with two attached hydrogens (primary N) is 1. The Bertz CT molecular complexity index is 381. The maximum absolute atomic E-state index is 6.00. The number of hydrogen-bond donors (Lipinski definition) is 1. The average Bonchev–Trinajstić information content (AvgIpc) is 2.22. The second kappa shape index (κ2) is 4.62. The molecular weight excluding hydrogens is 266 g/mol. The van der Waals surface area contributed by atoms with Crippen molar-refractivity contribution in [1.29, 1.82) is 0 Å². The molecule has 1 aromatic rings. The van der Waals surface area contributed by atoms with E-state index in [0.29, 0.717) is 5.92 Å². The van der Waals surface area contributed by atoms with Crippen molar-refractivity contribution in [2.45, 2.75) is 20.3 Å². The molecule has 4 heteroatoms. The van der Waals surface area contributed by atoms with Crippen LogP contribution in [0.2, 0.25) is 0 Å². The van der Waals surface area contributed by atoms with Crippen molar-refractivity contribution in [1.82, 2.24) is 4.98 Å². The predicted octanol–water partition coefficient (Wildman–Crippen LogP) is 2.91. The van der Waals surface area contributed by atoms with E-state index < -0.39 is 0 Å². The van der Waals surface area contributed by atoms with E-state index in [1.165, 1.54) is 6.42 Å². The van der Waals surface area contributed by atoms with Crippen LogP contribution in [-0.2, 0) is 0 Å². The van der Waals surface area contributed by atoms with Crippen molar-refractivity contribution < 1.29 is 0 Å². The normalized spacial score (nSPS) is 25.8. The van der Waals surface area contributed by atoms with Crippen LogP contribution in [-0.4, -0.2) is 18.1 Å². The Morgan fingerprint density at radius 2 is 2.19 bits per heavy atom. The summed E-state index contributed by atoms with van der Waals surface area (Å²) < 4.78 is 0.937. The van der Waals surface area contributed by atoms with Gasteiger partial charge in [0.25, 0.3) is 0 Å². The number of piperidine rings is 1. The molecule has 2 heterocycles. The van der Waals surface area contributed by atoms with Crippen LogP contribution in [0.3, 0.4) is 0 Å². The van der Waals surface area contributed by atoms with Gasteiger partial charge in [-0.1, -0.05) is 13.8 Å². The van der Waals surface area contributed by atoms with Crippen molar-refractivity contribution in [2.24, 2.45) is 11.8 Å². The van der Waals surface area contributed by atoms with Gasteiger partial charge in [0.15, 0.2) is 5.82 Å². The second-order valence-corrected chi connectivity index (χ2v) is 5.67. The molecule has 1 saturated heterocycles. The Hall–Kier alpha value is -0.770. The van der Waals surface area contributed by atoms with Crippen LogP contribution in [0.4, 0.5) is 11.5 Å². The fourth-order valence-electron chi connectivity index (χ4n) is 2.17. The minimum atomic E-state index is 0.707. The fraction of sp³-hybridized carbons (Fsp3) is 0.583. The van der Waals surface area contributed by atoms with Gasteiger partial charge in [-0.25, -0.2) is 4.98 Å². The highest BCUT2D eigenvalue weighted by molar-refractivity contribution is 9.10. The lowest BCUT2D eigenvalue weighted by atomic mass is 9.89. The molecule has 2 unspecified atom stereocenters. The summed E-state index contributed by atoms with van der Waals surface area (Å²) in [6, 6.07) is 1.92. The first kappa shape index (κ1) is 11.7. The molecule has 1 fully saturated rings. The molecule has 2 N–H and O–H groups in total. The van der Waals surface area contributed by atoms with Crippen LogP contribution in [0.5, 0.6) is 0 Å². The van der Waals surface area contributed by atoms with Gasteiger partial charge in [0.05, 0.1) is 5.69 Å². The van der Waals surface area contributed by atoms with Gasteiger partial charge in [-0.05, 0) is 40.3 Å². The maximum Gasteiger partial charge on any atom is 0.151 e. The number of halogens is 1. The Morgan fingerprint density at radius 3 is 2.81 bits per heavy atom. The highest BCUT2D eigenvalue weighted by Gasteiger charge is 2.24. The van der Waals surface area contributed by atoms with E-state index in [4.69, 9.17) is 5.73 Å². The van der Waals surface area contributed by atoms with E-state index in [-0.39, 0.29) is 0 Å². The minimum absolute atomic E-state index is 0.707. The van der Waals surface area contributed by atoms with Crippen molar-refractivity contribution in [3.05, 3.63) is 16.7 Å². The van der Waals surface area contributed by atoms with Crippen molar-refractivity contribution in [3.63, 3.8) is 0 Å². The lowest BCUT2D eigenvalue weighted by Crippen LogP contribution is -2.39. The monoisotopic (exact) mass is 283 g/mol. The summed E-state index contributed by atoms with van der Waals surface area (Å²) in [6.07, 6.45) is 3.03. The Labute approximate surface area is 105 Å². The quantitative estimate of drug-likeness (QED) is 0.862. The van der Waals surface area contributed by atoms with Crippen LogP contribution >= 0.6 is 15.9 Å². The molecular formula is C12H18BrN3. The molecule has 3 nitrogen and oxygen atoms in total. The maximum atomic E-state index is 6.00. The summed E-state index contributed by atoms with van der Waals surface area (Å²) in [5.41, 5.74) is 6.76. The number of nitrogens with zero attached hydrogens (tertiary/aromatic N) is 2. The third-order valence-electron chi connectivity index (χ3n) is 3.50. The smallest absolute Gasteiger partial charge is 0.151 e. The molecule has 1 aliphatic heterocycles. The van der Waals surface area contributed by atoms with Gasteiger partial charge in [-0.15, -0.1) is 0 Å². The summed E-state index contributed by atoms with van der Waals surface area (Å²) in [4.78, 5) is 6.71. The van der Waals surface area contributed by atoms with E-state index in [9.17, 15) is 0 Å². The predicted molar refractivity (Wildman–Crippen MR) is 71.5 cm³/mol. The summed E-state index contributed by atoms with van der Waals surface area (Å²) in [6.45, 7) is 6.73. The molecule has 0 aromatic carbocycles. The third kappa shape index (κ3) is 2.32. The molecule has 0 spiro atoms. The first-order valence-corrected chi connectivity index (χ1v) is 6.53. The molecule has 1 aromatic heterocycles. The third-order valence-corrected chi connectivity index (χ3v) is 3.93. The van der Waals surface area contributed by atoms with Crippen molar-refractivity contribution in [2.75, 3.05) is 23.7 Å². The summed E-state index contributed by atoms with van der Waals surface area (Å²) >= 11 is 3.38. The van der Waals surface area contributed by atoms with Crippen LogP contribution in [0, 0.1) is 11.8 Å². The first-order chi connectivity index (χ1) is 7.58. The molecule has 0 saturated carbocycles. The van der Waals surface area contributed by atoms with Gasteiger partial charge in [0.2, 0.25) is 0 Å². The number of anilines is 2. The number of hydrogen-bond acceptors (Lipinski definition) is 3. The fourth-order valence-corrected chi connectivity index (χ4v) is 2.52. The average molecular weight is 284 g/mol. The van der Waals surface area contributed by atoms with Gasteiger partial charge < -0.3 is 10.6 Å². The topological polar surface area (TPSA) is 42.2 Å². The van der Waals surface area contributed by atoms with Crippen LogP contribution in [0.15, 0.2) is 16.7 Å². The molecule has 2 atom stereocenters.